The van der Waals surface area contributed by atoms with Gasteiger partial charge in [0, 0.05) is 19.8 Å². The molecular formula is C12H19N3O3. The van der Waals surface area contributed by atoms with Crippen molar-refractivity contribution in [3.63, 3.8) is 0 Å². The summed E-state index contributed by atoms with van der Waals surface area (Å²) in [5, 5.41) is 16.8. The Balaban J connectivity index is 2.00. The van der Waals surface area contributed by atoms with Crippen molar-refractivity contribution in [2.45, 2.75) is 39.2 Å². The van der Waals surface area contributed by atoms with Crippen molar-refractivity contribution in [3.05, 3.63) is 11.4 Å². The number of nitrogens with zero attached hydrogens (tertiary/aromatic N) is 3. The van der Waals surface area contributed by atoms with E-state index in [4.69, 9.17) is 9.84 Å². The zero-order valence-corrected chi connectivity index (χ0v) is 10.6. The van der Waals surface area contributed by atoms with Crippen LogP contribution in [0.4, 0.5) is 0 Å². The van der Waals surface area contributed by atoms with Gasteiger partial charge in [0.15, 0.2) is 5.69 Å². The molecule has 1 saturated carbocycles. The topological polar surface area (TPSA) is 77.2 Å². The molecule has 0 spiro atoms. The number of hydrogen-bond donors (Lipinski definition) is 1. The van der Waals surface area contributed by atoms with E-state index in [1.54, 1.807) is 4.68 Å². The monoisotopic (exact) mass is 253 g/mol. The van der Waals surface area contributed by atoms with Crippen LogP contribution in [0.2, 0.25) is 0 Å². The highest BCUT2D eigenvalue weighted by molar-refractivity contribution is 5.86. The summed E-state index contributed by atoms with van der Waals surface area (Å²) in [7, 11) is 0. The van der Waals surface area contributed by atoms with Crippen molar-refractivity contribution in [1.29, 1.82) is 0 Å². The van der Waals surface area contributed by atoms with E-state index in [1.807, 2.05) is 6.92 Å². The number of aryl methyl sites for hydroxylation is 1. The van der Waals surface area contributed by atoms with Crippen molar-refractivity contribution in [1.82, 2.24) is 15.0 Å². The quantitative estimate of drug-likeness (QED) is 0.708. The molecule has 0 amide bonds. The fourth-order valence-electron chi connectivity index (χ4n) is 1.94. The first kappa shape index (κ1) is 13.0. The minimum atomic E-state index is -0.985. The summed E-state index contributed by atoms with van der Waals surface area (Å²) in [6.07, 6.45) is 3.98. The van der Waals surface area contributed by atoms with E-state index in [1.165, 1.54) is 12.8 Å². The highest BCUT2D eigenvalue weighted by atomic mass is 16.5. The predicted octanol–water partition coefficient (Wildman–Crippen LogP) is 1.36. The summed E-state index contributed by atoms with van der Waals surface area (Å²) in [5.41, 5.74) is 0.875. The van der Waals surface area contributed by atoms with Gasteiger partial charge >= 0.3 is 5.97 Å². The molecule has 1 fully saturated rings. The molecule has 1 aliphatic carbocycles. The van der Waals surface area contributed by atoms with Gasteiger partial charge in [-0.25, -0.2) is 9.48 Å². The normalized spacial score (nSPS) is 14.9. The smallest absolute Gasteiger partial charge is 0.358 e. The summed E-state index contributed by atoms with van der Waals surface area (Å²) in [4.78, 5) is 11.1. The number of carbonyl (C=O) groups is 1. The molecule has 1 N–H and O–H groups in total. The van der Waals surface area contributed by atoms with Crippen LogP contribution in [0.25, 0.3) is 0 Å². The lowest BCUT2D eigenvalue weighted by Gasteiger charge is -2.06. The van der Waals surface area contributed by atoms with Crippen LogP contribution in [0.15, 0.2) is 0 Å². The Morgan fingerprint density at radius 1 is 1.56 bits per heavy atom. The maximum Gasteiger partial charge on any atom is 0.358 e. The second kappa shape index (κ2) is 5.95. The number of hydrogen-bond acceptors (Lipinski definition) is 4. The van der Waals surface area contributed by atoms with Gasteiger partial charge in [0.1, 0.15) is 0 Å². The Labute approximate surface area is 106 Å². The second-order valence-corrected chi connectivity index (χ2v) is 4.61. The molecule has 1 aromatic rings. The van der Waals surface area contributed by atoms with Gasteiger partial charge in [0.25, 0.3) is 0 Å². The van der Waals surface area contributed by atoms with Crippen LogP contribution >= 0.6 is 0 Å². The first-order chi connectivity index (χ1) is 8.72. The van der Waals surface area contributed by atoms with E-state index in [0.717, 1.165) is 18.5 Å². The number of aromatic carboxylic acids is 1. The zero-order chi connectivity index (χ0) is 13.0. The molecule has 6 heteroatoms. The first-order valence-electron chi connectivity index (χ1n) is 6.45. The van der Waals surface area contributed by atoms with E-state index < -0.39 is 5.97 Å². The van der Waals surface area contributed by atoms with Gasteiger partial charge in [0.2, 0.25) is 0 Å². The molecule has 0 aromatic carbocycles. The molecule has 0 aliphatic heterocycles. The summed E-state index contributed by atoms with van der Waals surface area (Å²) in [6, 6.07) is 0. The molecule has 1 aromatic heterocycles. The fraction of sp³-hybridized carbons (Fsp3) is 0.750. The molecule has 1 heterocycles. The molecular weight excluding hydrogens is 234 g/mol. The molecule has 0 atom stereocenters. The van der Waals surface area contributed by atoms with Gasteiger partial charge in [-0.2, -0.15) is 0 Å². The number of carboxylic acid groups (broad SMARTS) is 1. The van der Waals surface area contributed by atoms with Crippen molar-refractivity contribution in [2.75, 3.05) is 13.2 Å². The van der Waals surface area contributed by atoms with E-state index >= 15 is 0 Å². The van der Waals surface area contributed by atoms with E-state index in [2.05, 4.69) is 10.3 Å². The van der Waals surface area contributed by atoms with Crippen LogP contribution in [0.1, 0.15) is 42.4 Å². The van der Waals surface area contributed by atoms with Crippen molar-refractivity contribution >= 4 is 5.97 Å². The maximum atomic E-state index is 11.1. The average molecular weight is 253 g/mol. The van der Waals surface area contributed by atoms with Crippen molar-refractivity contribution < 1.29 is 14.6 Å². The predicted molar refractivity (Wildman–Crippen MR) is 64.5 cm³/mol. The van der Waals surface area contributed by atoms with Crippen LogP contribution in [0, 0.1) is 5.92 Å². The first-order valence-corrected chi connectivity index (χ1v) is 6.45. The minimum Gasteiger partial charge on any atom is -0.476 e. The lowest BCUT2D eigenvalue weighted by Crippen LogP contribution is -2.11. The number of aromatic nitrogens is 3. The third kappa shape index (κ3) is 3.29. The van der Waals surface area contributed by atoms with Crippen LogP contribution < -0.4 is 0 Å². The van der Waals surface area contributed by atoms with Gasteiger partial charge in [-0.05, 0) is 38.5 Å². The van der Waals surface area contributed by atoms with Crippen LogP contribution in [-0.2, 0) is 17.7 Å². The van der Waals surface area contributed by atoms with Gasteiger partial charge in [-0.3, -0.25) is 0 Å². The van der Waals surface area contributed by atoms with E-state index in [9.17, 15) is 4.79 Å². The lowest BCUT2D eigenvalue weighted by atomic mass is 10.2. The third-order valence-corrected chi connectivity index (χ3v) is 3.08. The largest absolute Gasteiger partial charge is 0.476 e. The van der Waals surface area contributed by atoms with Crippen LogP contribution in [0.3, 0.4) is 0 Å². The average Bonchev–Trinajstić information content (AvgIpc) is 3.05. The summed E-state index contributed by atoms with van der Waals surface area (Å²) < 4.78 is 6.99. The molecule has 0 radical (unpaired) electrons. The Bertz CT molecular complexity index is 413. The van der Waals surface area contributed by atoms with E-state index in [-0.39, 0.29) is 5.69 Å². The SMILES string of the molecule is CCOCCCn1nnc(C(=O)O)c1CC1CC1. The van der Waals surface area contributed by atoms with Gasteiger partial charge in [0.05, 0.1) is 5.69 Å². The molecule has 18 heavy (non-hydrogen) atoms. The fourth-order valence-corrected chi connectivity index (χ4v) is 1.94. The molecule has 100 valence electrons. The van der Waals surface area contributed by atoms with E-state index in [0.29, 0.717) is 25.7 Å². The minimum absolute atomic E-state index is 0.110. The molecule has 0 unspecified atom stereocenters. The Morgan fingerprint density at radius 2 is 2.33 bits per heavy atom. The number of rotatable bonds is 8. The van der Waals surface area contributed by atoms with Crippen molar-refractivity contribution in [3.8, 4) is 0 Å². The lowest BCUT2D eigenvalue weighted by molar-refractivity contribution is 0.0689. The van der Waals surface area contributed by atoms with Crippen molar-refractivity contribution in [2.24, 2.45) is 5.92 Å². The zero-order valence-electron chi connectivity index (χ0n) is 10.6. The van der Waals surface area contributed by atoms with Crippen LogP contribution in [0.5, 0.6) is 0 Å². The summed E-state index contributed by atoms with van der Waals surface area (Å²) in [6.45, 7) is 3.99. The standard InChI is InChI=1S/C12H19N3O3/c1-2-18-7-3-6-15-10(8-9-4-5-9)11(12(16)17)13-14-15/h9H,2-8H2,1H3,(H,16,17). The third-order valence-electron chi connectivity index (χ3n) is 3.08. The maximum absolute atomic E-state index is 11.1. The highest BCUT2D eigenvalue weighted by Gasteiger charge is 2.27. The highest BCUT2D eigenvalue weighted by Crippen LogP contribution is 2.33. The van der Waals surface area contributed by atoms with Gasteiger partial charge < -0.3 is 9.84 Å². The number of ether oxygens (including phenoxy) is 1. The Morgan fingerprint density at radius 3 is 2.94 bits per heavy atom. The molecule has 0 saturated heterocycles. The van der Waals surface area contributed by atoms with Gasteiger partial charge in [-0.1, -0.05) is 5.21 Å². The summed E-state index contributed by atoms with van der Waals surface area (Å²) >= 11 is 0. The Kier molecular flexibility index (Phi) is 4.30. The molecule has 1 aliphatic rings. The molecule has 0 bridgehead atoms. The Hall–Kier alpha value is -1.43. The van der Waals surface area contributed by atoms with Crippen LogP contribution in [-0.4, -0.2) is 39.3 Å². The molecule has 2 rings (SSSR count). The second-order valence-electron chi connectivity index (χ2n) is 4.61. The number of carboxylic acids is 1. The summed E-state index contributed by atoms with van der Waals surface area (Å²) in [5.74, 6) is -0.367. The van der Waals surface area contributed by atoms with Gasteiger partial charge in [-0.15, -0.1) is 5.10 Å². The molecule has 6 nitrogen and oxygen atoms in total.